The zero-order chi connectivity index (χ0) is 21.3. The van der Waals surface area contributed by atoms with Crippen LogP contribution in [0.3, 0.4) is 0 Å². The number of carbonyl (C=O) groups is 1. The zero-order valence-electron chi connectivity index (χ0n) is 16.8. The van der Waals surface area contributed by atoms with Crippen molar-refractivity contribution in [3.8, 4) is 0 Å². The Balaban J connectivity index is 1.85. The molecule has 8 nitrogen and oxygen atoms in total. The molecule has 0 atom stereocenters. The zero-order valence-corrected chi connectivity index (χ0v) is 17.7. The van der Waals surface area contributed by atoms with Gasteiger partial charge in [-0.25, -0.2) is 17.5 Å². The third-order valence-corrected chi connectivity index (χ3v) is 5.87. The van der Waals surface area contributed by atoms with E-state index in [-0.39, 0.29) is 17.5 Å². The highest BCUT2D eigenvalue weighted by Gasteiger charge is 2.16. The first kappa shape index (κ1) is 22.8. The number of nitrogens with one attached hydrogen (secondary N) is 2. The molecule has 158 valence electrons. The number of hydrogen-bond donors (Lipinski definition) is 2. The number of nitrogens with zero attached hydrogens (tertiary/aromatic N) is 1. The minimum absolute atomic E-state index is 0.209. The highest BCUT2D eigenvalue weighted by atomic mass is 32.2. The van der Waals surface area contributed by atoms with Crippen molar-refractivity contribution in [3.05, 3.63) is 59.7 Å². The molecule has 2 amide bonds. The second-order valence-corrected chi connectivity index (χ2v) is 8.64. The van der Waals surface area contributed by atoms with E-state index >= 15 is 0 Å². The Morgan fingerprint density at radius 2 is 1.76 bits per heavy atom. The van der Waals surface area contributed by atoms with Gasteiger partial charge < -0.3 is 20.1 Å². The molecule has 2 aromatic rings. The molecule has 2 rings (SSSR count). The molecule has 0 radical (unpaired) electrons. The van der Waals surface area contributed by atoms with Crippen LogP contribution in [0.4, 0.5) is 10.5 Å². The lowest BCUT2D eigenvalue weighted by molar-refractivity contribution is 0.0617. The number of rotatable bonds is 10. The van der Waals surface area contributed by atoms with Gasteiger partial charge in [0.1, 0.15) is 0 Å². The van der Waals surface area contributed by atoms with Crippen molar-refractivity contribution in [1.29, 1.82) is 0 Å². The fraction of sp³-hybridized carbons (Fsp3) is 0.350. The van der Waals surface area contributed by atoms with Gasteiger partial charge in [0.25, 0.3) is 0 Å². The van der Waals surface area contributed by atoms with E-state index in [2.05, 4.69) is 10.6 Å². The van der Waals surface area contributed by atoms with Crippen molar-refractivity contribution < 1.29 is 22.7 Å². The molecule has 0 aromatic heterocycles. The van der Waals surface area contributed by atoms with Crippen LogP contribution in [-0.4, -0.2) is 53.2 Å². The van der Waals surface area contributed by atoms with Crippen LogP contribution >= 0.6 is 0 Å². The van der Waals surface area contributed by atoms with Gasteiger partial charge in [-0.1, -0.05) is 24.3 Å². The first-order valence-electron chi connectivity index (χ1n) is 9.05. The number of hydrogen-bond acceptors (Lipinski definition) is 5. The van der Waals surface area contributed by atoms with Crippen molar-refractivity contribution in [2.45, 2.75) is 18.0 Å². The third-order valence-electron chi connectivity index (χ3n) is 4.04. The summed E-state index contributed by atoms with van der Waals surface area (Å²) in [5, 5.41) is 5.52. The van der Waals surface area contributed by atoms with E-state index in [4.69, 9.17) is 9.47 Å². The van der Waals surface area contributed by atoms with Crippen molar-refractivity contribution in [3.63, 3.8) is 0 Å². The summed E-state index contributed by atoms with van der Waals surface area (Å²) < 4.78 is 35.7. The van der Waals surface area contributed by atoms with Gasteiger partial charge in [-0.3, -0.25) is 0 Å². The van der Waals surface area contributed by atoms with Crippen molar-refractivity contribution in [2.75, 3.05) is 39.7 Å². The second-order valence-electron chi connectivity index (χ2n) is 6.48. The van der Waals surface area contributed by atoms with Crippen LogP contribution in [0.2, 0.25) is 0 Å². The van der Waals surface area contributed by atoms with E-state index in [1.165, 1.54) is 26.2 Å². The van der Waals surface area contributed by atoms with Crippen molar-refractivity contribution in [1.82, 2.24) is 9.62 Å². The number of sulfonamides is 1. The second kappa shape index (κ2) is 10.9. The van der Waals surface area contributed by atoms with E-state index < -0.39 is 10.0 Å². The van der Waals surface area contributed by atoms with E-state index in [9.17, 15) is 13.2 Å². The molecule has 0 aliphatic heterocycles. The first-order valence-corrected chi connectivity index (χ1v) is 10.5. The molecule has 0 heterocycles. The van der Waals surface area contributed by atoms with E-state index in [1.54, 1.807) is 25.3 Å². The molecular weight excluding hydrogens is 394 g/mol. The number of urea groups is 1. The number of ether oxygens (including phenoxy) is 2. The molecule has 2 aromatic carbocycles. The highest BCUT2D eigenvalue weighted by molar-refractivity contribution is 7.89. The predicted molar refractivity (Wildman–Crippen MR) is 111 cm³/mol. The first-order chi connectivity index (χ1) is 13.8. The topological polar surface area (TPSA) is 97.0 Å². The molecule has 29 heavy (non-hydrogen) atoms. The molecule has 0 aliphatic carbocycles. The lowest BCUT2D eigenvalue weighted by atomic mass is 10.2. The lowest BCUT2D eigenvalue weighted by Gasteiger charge is -2.12. The Hall–Kier alpha value is -2.46. The van der Waals surface area contributed by atoms with Gasteiger partial charge in [-0.2, -0.15) is 0 Å². The van der Waals surface area contributed by atoms with Gasteiger partial charge >= 0.3 is 6.03 Å². The monoisotopic (exact) mass is 421 g/mol. The summed E-state index contributed by atoms with van der Waals surface area (Å²) in [6, 6.07) is 13.4. The van der Waals surface area contributed by atoms with Crippen LogP contribution in [0.15, 0.2) is 53.4 Å². The summed E-state index contributed by atoms with van der Waals surface area (Å²) >= 11 is 0. The highest BCUT2D eigenvalue weighted by Crippen LogP contribution is 2.14. The Morgan fingerprint density at radius 3 is 2.41 bits per heavy atom. The average Bonchev–Trinajstić information content (AvgIpc) is 2.70. The number of benzene rings is 2. The largest absolute Gasteiger partial charge is 0.382 e. The summed E-state index contributed by atoms with van der Waals surface area (Å²) in [5.41, 5.74) is 2.39. The molecule has 0 fully saturated rings. The van der Waals surface area contributed by atoms with Gasteiger partial charge in [0.05, 0.1) is 24.7 Å². The summed E-state index contributed by atoms with van der Waals surface area (Å²) in [5.74, 6) is 0. The number of anilines is 1. The Kier molecular flexibility index (Phi) is 8.59. The smallest absolute Gasteiger partial charge is 0.319 e. The maximum atomic E-state index is 12.1. The Morgan fingerprint density at radius 1 is 1.03 bits per heavy atom. The fourth-order valence-corrected chi connectivity index (χ4v) is 3.32. The van der Waals surface area contributed by atoms with Gasteiger partial charge in [0, 0.05) is 33.4 Å². The molecule has 9 heteroatoms. The number of amides is 2. The molecule has 0 aliphatic rings. The summed E-state index contributed by atoms with van der Waals surface area (Å²) in [6.07, 6.45) is 0. The lowest BCUT2D eigenvalue weighted by Crippen LogP contribution is -2.28. The molecule has 0 saturated carbocycles. The molecule has 0 bridgehead atoms. The fourth-order valence-electron chi connectivity index (χ4n) is 2.42. The normalized spacial score (nSPS) is 11.4. The molecule has 0 unspecified atom stereocenters. The van der Waals surface area contributed by atoms with Crippen LogP contribution < -0.4 is 10.6 Å². The van der Waals surface area contributed by atoms with E-state index in [0.717, 1.165) is 15.4 Å². The Labute approximate surface area is 171 Å². The van der Waals surface area contributed by atoms with Crippen LogP contribution in [0.1, 0.15) is 11.1 Å². The maximum Gasteiger partial charge on any atom is 0.319 e. The minimum Gasteiger partial charge on any atom is -0.382 e. The molecule has 0 spiro atoms. The van der Waals surface area contributed by atoms with Crippen molar-refractivity contribution >= 4 is 21.7 Å². The Bertz CT molecular complexity index is 899. The van der Waals surface area contributed by atoms with Crippen LogP contribution in [0.5, 0.6) is 0 Å². The van der Waals surface area contributed by atoms with Gasteiger partial charge in [-0.15, -0.1) is 0 Å². The average molecular weight is 422 g/mol. The third kappa shape index (κ3) is 7.13. The van der Waals surface area contributed by atoms with Gasteiger partial charge in [-0.05, 0) is 35.4 Å². The van der Waals surface area contributed by atoms with Crippen LogP contribution in [-0.2, 0) is 32.6 Å². The number of methoxy groups -OCH3 is 1. The van der Waals surface area contributed by atoms with Crippen LogP contribution in [0.25, 0.3) is 0 Å². The standard InChI is InChI=1S/C20H27N3O5S/c1-23(2)29(25,26)19-9-7-16(8-10-19)14-21-20(24)22-18-6-4-5-17(13-18)15-28-12-11-27-3/h4-10,13H,11-12,14-15H2,1-3H3,(H2,21,22,24). The summed E-state index contributed by atoms with van der Waals surface area (Å²) in [7, 11) is 1.12. The van der Waals surface area contributed by atoms with Crippen molar-refractivity contribution in [2.24, 2.45) is 0 Å². The summed E-state index contributed by atoms with van der Waals surface area (Å²) in [4.78, 5) is 12.3. The minimum atomic E-state index is -3.46. The number of carbonyl (C=O) groups excluding carboxylic acids is 1. The molecule has 2 N–H and O–H groups in total. The van der Waals surface area contributed by atoms with E-state index in [0.29, 0.717) is 25.5 Å². The molecular formula is C20H27N3O5S. The molecule has 0 saturated heterocycles. The van der Waals surface area contributed by atoms with Gasteiger partial charge in [0.2, 0.25) is 10.0 Å². The predicted octanol–water partition coefficient (Wildman–Crippen LogP) is 2.42. The SMILES string of the molecule is COCCOCc1cccc(NC(=O)NCc2ccc(S(=O)(=O)N(C)C)cc2)c1. The van der Waals surface area contributed by atoms with Crippen LogP contribution in [0, 0.1) is 0 Å². The summed E-state index contributed by atoms with van der Waals surface area (Å²) in [6.45, 7) is 1.74. The van der Waals surface area contributed by atoms with E-state index in [1.807, 2.05) is 18.2 Å². The maximum absolute atomic E-state index is 12.1. The van der Waals surface area contributed by atoms with Gasteiger partial charge in [0.15, 0.2) is 0 Å². The quantitative estimate of drug-likeness (QED) is 0.574.